The maximum atomic E-state index is 12.3. The fraction of sp³-hybridized carbons (Fsp3) is 0.190. The maximum Gasteiger partial charge on any atom is 0.353 e. The van der Waals surface area contributed by atoms with Gasteiger partial charge in [0.05, 0.1) is 4.92 Å². The highest BCUT2D eigenvalue weighted by atomic mass is 32.1. The van der Waals surface area contributed by atoms with E-state index in [4.69, 9.17) is 4.74 Å². The molecule has 0 radical (unpaired) electrons. The third kappa shape index (κ3) is 4.55. The number of hydrogen-bond donors (Lipinski definition) is 1. The summed E-state index contributed by atoms with van der Waals surface area (Å²) in [5.74, 6) is 0.109. The largest absolute Gasteiger partial charge is 0.507 e. The Labute approximate surface area is 166 Å². The normalized spacial score (nSPS) is 10.6. The first-order chi connectivity index (χ1) is 13.3. The summed E-state index contributed by atoms with van der Waals surface area (Å²) in [5.41, 5.74) is 2.79. The van der Waals surface area contributed by atoms with Crippen molar-refractivity contribution in [3.05, 3.63) is 85.1 Å². The van der Waals surface area contributed by atoms with Crippen LogP contribution in [0, 0.1) is 24.0 Å². The highest BCUT2D eigenvalue weighted by molar-refractivity contribution is 7.13. The number of thiophene rings is 1. The number of non-ortho nitro benzene ring substituents is 1. The second-order valence-corrected chi connectivity index (χ2v) is 7.65. The lowest BCUT2D eigenvalue weighted by Gasteiger charge is -2.07. The summed E-state index contributed by atoms with van der Waals surface area (Å²) in [6.07, 6.45) is 1.58. The Bertz CT molecular complexity index is 1000. The lowest BCUT2D eigenvalue weighted by atomic mass is 10.0. The number of aromatic hydroxyl groups is 1. The predicted octanol–water partition coefficient (Wildman–Crippen LogP) is 4.98. The van der Waals surface area contributed by atoms with E-state index in [2.05, 4.69) is 0 Å². The fourth-order valence-corrected chi connectivity index (χ4v) is 3.76. The van der Waals surface area contributed by atoms with E-state index in [1.54, 1.807) is 6.07 Å². The minimum absolute atomic E-state index is 0.0575. The lowest BCUT2D eigenvalue weighted by molar-refractivity contribution is -0.384. The van der Waals surface area contributed by atoms with Crippen LogP contribution in [0.3, 0.4) is 0 Å². The molecule has 0 amide bonds. The highest BCUT2D eigenvalue weighted by Gasteiger charge is 2.13. The highest BCUT2D eigenvalue weighted by Crippen LogP contribution is 2.25. The Morgan fingerprint density at radius 1 is 1.07 bits per heavy atom. The van der Waals surface area contributed by atoms with Crippen molar-refractivity contribution < 1.29 is 19.6 Å². The molecule has 144 valence electrons. The van der Waals surface area contributed by atoms with Gasteiger partial charge in [0.2, 0.25) is 0 Å². The van der Waals surface area contributed by atoms with E-state index in [0.29, 0.717) is 10.6 Å². The summed E-state index contributed by atoms with van der Waals surface area (Å²) in [7, 11) is 0. The average Bonchev–Trinajstić information content (AvgIpc) is 3.14. The number of carbonyl (C=O) groups excluding carboxylic acids is 1. The second kappa shape index (κ2) is 8.22. The Kier molecular flexibility index (Phi) is 5.75. The van der Waals surface area contributed by atoms with Crippen LogP contribution in [0.2, 0.25) is 0 Å². The van der Waals surface area contributed by atoms with Gasteiger partial charge in [0, 0.05) is 17.0 Å². The number of rotatable bonds is 6. The number of phenolic OH excluding ortho intramolecular Hbond substituents is 1. The van der Waals surface area contributed by atoms with E-state index in [1.165, 1.54) is 35.6 Å². The number of carbonyl (C=O) groups is 1. The summed E-state index contributed by atoms with van der Waals surface area (Å²) in [5, 5.41) is 20.5. The average molecular weight is 397 g/mol. The molecule has 0 aliphatic rings. The number of ether oxygens (including phenoxy) is 1. The summed E-state index contributed by atoms with van der Waals surface area (Å²) < 4.78 is 5.28. The van der Waals surface area contributed by atoms with Gasteiger partial charge in [-0.05, 0) is 67.6 Å². The third-order valence-corrected chi connectivity index (χ3v) is 5.46. The van der Waals surface area contributed by atoms with Gasteiger partial charge in [-0.15, -0.1) is 11.3 Å². The minimum atomic E-state index is -0.506. The first kappa shape index (κ1) is 19.6. The van der Waals surface area contributed by atoms with Crippen molar-refractivity contribution in [1.82, 2.24) is 0 Å². The third-order valence-electron chi connectivity index (χ3n) is 4.33. The smallest absolute Gasteiger partial charge is 0.353 e. The van der Waals surface area contributed by atoms with Gasteiger partial charge in [-0.25, -0.2) is 4.79 Å². The standard InChI is InChI=1S/C21H19NO5S/c1-13-11-15(12-14(2)20(13)23)3-8-18-9-10-19(28-18)21(24)27-17-6-4-16(5-7-17)22(25)26/h4-7,9-12,23H,3,8H2,1-2H3. The monoisotopic (exact) mass is 397 g/mol. The topological polar surface area (TPSA) is 89.7 Å². The number of aryl methyl sites for hydroxylation is 4. The first-order valence-corrected chi connectivity index (χ1v) is 9.49. The van der Waals surface area contributed by atoms with Crippen LogP contribution < -0.4 is 4.74 Å². The van der Waals surface area contributed by atoms with E-state index in [0.717, 1.165) is 34.4 Å². The molecule has 2 aromatic carbocycles. The van der Waals surface area contributed by atoms with Crippen LogP contribution in [-0.2, 0) is 12.8 Å². The summed E-state index contributed by atoms with van der Waals surface area (Å²) >= 11 is 1.37. The number of hydrogen-bond acceptors (Lipinski definition) is 6. The zero-order valence-electron chi connectivity index (χ0n) is 15.5. The first-order valence-electron chi connectivity index (χ1n) is 8.68. The number of esters is 1. The Morgan fingerprint density at radius 2 is 1.71 bits per heavy atom. The molecule has 3 rings (SSSR count). The van der Waals surface area contributed by atoms with Crippen molar-refractivity contribution in [2.24, 2.45) is 0 Å². The number of phenols is 1. The van der Waals surface area contributed by atoms with E-state index >= 15 is 0 Å². The molecule has 28 heavy (non-hydrogen) atoms. The van der Waals surface area contributed by atoms with E-state index in [-0.39, 0.29) is 11.4 Å². The van der Waals surface area contributed by atoms with Gasteiger partial charge >= 0.3 is 5.97 Å². The molecule has 0 atom stereocenters. The van der Waals surface area contributed by atoms with Gasteiger partial charge in [0.1, 0.15) is 16.4 Å². The van der Waals surface area contributed by atoms with Gasteiger partial charge < -0.3 is 9.84 Å². The van der Waals surface area contributed by atoms with E-state index in [1.807, 2.05) is 32.0 Å². The van der Waals surface area contributed by atoms with Gasteiger partial charge in [-0.3, -0.25) is 10.1 Å². The summed E-state index contributed by atoms with van der Waals surface area (Å²) in [6, 6.07) is 13.0. The van der Waals surface area contributed by atoms with E-state index < -0.39 is 10.9 Å². The Morgan fingerprint density at radius 3 is 2.32 bits per heavy atom. The molecule has 1 N–H and O–H groups in total. The van der Waals surface area contributed by atoms with Crippen LogP contribution >= 0.6 is 11.3 Å². The SMILES string of the molecule is Cc1cc(CCc2ccc(C(=O)Oc3ccc([N+](=O)[O-])cc3)s2)cc(C)c1O. The summed E-state index contributed by atoms with van der Waals surface area (Å²) in [4.78, 5) is 24.0. The number of nitro groups is 1. The number of benzene rings is 2. The molecule has 0 saturated carbocycles. The van der Waals surface area contributed by atoms with Gasteiger partial charge in [0.15, 0.2) is 0 Å². The van der Waals surface area contributed by atoms with Gasteiger partial charge in [-0.1, -0.05) is 12.1 Å². The quantitative estimate of drug-likeness (QED) is 0.274. The molecule has 0 spiro atoms. The molecule has 0 fully saturated rings. The molecule has 3 aromatic rings. The van der Waals surface area contributed by atoms with Crippen LogP contribution in [0.15, 0.2) is 48.5 Å². The van der Waals surface area contributed by atoms with Crippen molar-refractivity contribution in [2.75, 3.05) is 0 Å². The molecular formula is C21H19NO5S. The summed E-state index contributed by atoms with van der Waals surface area (Å²) in [6.45, 7) is 3.76. The molecule has 0 unspecified atom stereocenters. The number of nitro benzene ring substituents is 1. The molecule has 0 aliphatic heterocycles. The molecule has 6 nitrogen and oxygen atoms in total. The molecule has 0 aliphatic carbocycles. The molecule has 7 heteroatoms. The lowest BCUT2D eigenvalue weighted by Crippen LogP contribution is -2.06. The predicted molar refractivity (Wildman–Crippen MR) is 107 cm³/mol. The van der Waals surface area contributed by atoms with Crippen molar-refractivity contribution in [2.45, 2.75) is 26.7 Å². The van der Waals surface area contributed by atoms with Crippen LogP contribution in [0.1, 0.15) is 31.2 Å². The zero-order chi connectivity index (χ0) is 20.3. The molecule has 1 aromatic heterocycles. The molecule has 0 bridgehead atoms. The van der Waals surface area contributed by atoms with Crippen molar-refractivity contribution >= 4 is 23.0 Å². The van der Waals surface area contributed by atoms with Gasteiger partial charge in [-0.2, -0.15) is 0 Å². The molecule has 1 heterocycles. The molecular weight excluding hydrogens is 378 g/mol. The van der Waals surface area contributed by atoms with Crippen LogP contribution in [0.25, 0.3) is 0 Å². The van der Waals surface area contributed by atoms with Gasteiger partial charge in [0.25, 0.3) is 5.69 Å². The number of nitrogens with zero attached hydrogens (tertiary/aromatic N) is 1. The second-order valence-electron chi connectivity index (χ2n) is 6.48. The minimum Gasteiger partial charge on any atom is -0.507 e. The Balaban J connectivity index is 1.61. The van der Waals surface area contributed by atoms with Crippen LogP contribution in [0.5, 0.6) is 11.5 Å². The van der Waals surface area contributed by atoms with Crippen molar-refractivity contribution in [1.29, 1.82) is 0 Å². The fourth-order valence-electron chi connectivity index (χ4n) is 2.87. The zero-order valence-corrected chi connectivity index (χ0v) is 16.3. The Hall–Kier alpha value is -3.19. The van der Waals surface area contributed by atoms with Crippen LogP contribution in [-0.4, -0.2) is 16.0 Å². The van der Waals surface area contributed by atoms with Crippen molar-refractivity contribution in [3.63, 3.8) is 0 Å². The van der Waals surface area contributed by atoms with Crippen LogP contribution in [0.4, 0.5) is 5.69 Å². The molecule has 0 saturated heterocycles. The van der Waals surface area contributed by atoms with Crippen molar-refractivity contribution in [3.8, 4) is 11.5 Å². The van der Waals surface area contributed by atoms with E-state index in [9.17, 15) is 20.0 Å². The maximum absolute atomic E-state index is 12.3.